The Morgan fingerprint density at radius 1 is 1.10 bits per heavy atom. The zero-order valence-corrected chi connectivity index (χ0v) is 18.7. The number of hydrogen-bond donors (Lipinski definition) is 2. The molecule has 3 aromatic rings. The second-order valence-corrected chi connectivity index (χ2v) is 10.4. The summed E-state index contributed by atoms with van der Waals surface area (Å²) in [7, 11) is 0.415. The molecular formula is C18H17N3O4S4. The van der Waals surface area contributed by atoms with Gasteiger partial charge in [0, 0.05) is 5.69 Å². The molecule has 0 aliphatic heterocycles. The average Bonchev–Trinajstić information content (AvgIpc) is 3.12. The molecule has 0 radical (unpaired) electrons. The van der Waals surface area contributed by atoms with Crippen molar-refractivity contribution in [2.75, 3.05) is 17.1 Å². The zero-order chi connectivity index (χ0) is 21.0. The maximum absolute atomic E-state index is 12.5. The minimum absolute atomic E-state index is 0.126. The van der Waals surface area contributed by atoms with E-state index in [1.165, 1.54) is 39.9 Å². The Morgan fingerprint density at radius 2 is 1.76 bits per heavy atom. The molecule has 1 heterocycles. The van der Waals surface area contributed by atoms with Crippen LogP contribution in [0, 0.1) is 3.95 Å². The van der Waals surface area contributed by atoms with Crippen molar-refractivity contribution in [1.82, 2.24) is 4.98 Å². The number of nitrogens with zero attached hydrogens (tertiary/aromatic N) is 1. The largest absolute Gasteiger partial charge is 0.497 e. The van der Waals surface area contributed by atoms with E-state index in [0.29, 0.717) is 20.5 Å². The van der Waals surface area contributed by atoms with Crippen molar-refractivity contribution in [2.24, 2.45) is 0 Å². The Morgan fingerprint density at radius 3 is 2.31 bits per heavy atom. The third-order valence-electron chi connectivity index (χ3n) is 4.04. The second kappa shape index (κ2) is 8.99. The Hall–Kier alpha value is -2.34. The zero-order valence-electron chi connectivity index (χ0n) is 15.4. The lowest BCUT2D eigenvalue weighted by atomic mass is 10.0. The fourth-order valence-corrected chi connectivity index (χ4v) is 5.34. The number of amides is 1. The maximum atomic E-state index is 12.5. The van der Waals surface area contributed by atoms with Crippen LogP contribution in [0.15, 0.2) is 53.4 Å². The summed E-state index contributed by atoms with van der Waals surface area (Å²) >= 11 is 4.95. The molecule has 1 unspecified atom stereocenters. The van der Waals surface area contributed by atoms with Crippen molar-refractivity contribution in [3.63, 3.8) is 0 Å². The lowest BCUT2D eigenvalue weighted by molar-refractivity contribution is -0.117. The Kier molecular flexibility index (Phi) is 6.63. The molecule has 0 aliphatic carbocycles. The predicted molar refractivity (Wildman–Crippen MR) is 118 cm³/mol. The van der Waals surface area contributed by atoms with Gasteiger partial charge in [-0.15, -0.1) is 0 Å². The Bertz CT molecular complexity index is 1150. The van der Waals surface area contributed by atoms with Gasteiger partial charge in [-0.1, -0.05) is 12.1 Å². The number of anilines is 2. The average molecular weight is 468 g/mol. The van der Waals surface area contributed by atoms with E-state index in [-0.39, 0.29) is 10.8 Å². The summed E-state index contributed by atoms with van der Waals surface area (Å²) < 4.78 is 33.0. The van der Waals surface area contributed by atoms with Crippen LogP contribution in [0.5, 0.6) is 5.75 Å². The summed E-state index contributed by atoms with van der Waals surface area (Å²) in [6.45, 7) is 1.76. The summed E-state index contributed by atoms with van der Waals surface area (Å²) in [6.07, 6.45) is 0. The molecule has 1 aromatic heterocycles. The molecule has 7 nitrogen and oxygen atoms in total. The van der Waals surface area contributed by atoms with Gasteiger partial charge in [-0.25, -0.2) is 8.42 Å². The van der Waals surface area contributed by atoms with E-state index in [0.717, 1.165) is 5.56 Å². The number of aromatic nitrogens is 1. The molecule has 0 saturated carbocycles. The van der Waals surface area contributed by atoms with Crippen molar-refractivity contribution in [2.45, 2.75) is 17.7 Å². The quantitative estimate of drug-likeness (QED) is 0.393. The van der Waals surface area contributed by atoms with Gasteiger partial charge >= 0.3 is 0 Å². The van der Waals surface area contributed by atoms with Gasteiger partial charge in [-0.3, -0.25) is 9.52 Å². The van der Waals surface area contributed by atoms with Crippen LogP contribution in [-0.2, 0) is 14.8 Å². The van der Waals surface area contributed by atoms with Crippen LogP contribution in [0.4, 0.5) is 10.8 Å². The molecule has 0 saturated heterocycles. The highest BCUT2D eigenvalue weighted by atomic mass is 32.9. The monoisotopic (exact) mass is 467 g/mol. The summed E-state index contributed by atoms with van der Waals surface area (Å²) in [6, 6.07) is 12.7. The molecule has 0 bridgehead atoms. The number of rotatable bonds is 7. The lowest BCUT2D eigenvalue weighted by Crippen LogP contribution is -2.19. The van der Waals surface area contributed by atoms with Crippen LogP contribution in [0.25, 0.3) is 0 Å². The fraction of sp³-hybridized carbons (Fsp3) is 0.167. The van der Waals surface area contributed by atoms with Crippen molar-refractivity contribution < 1.29 is 17.9 Å². The molecule has 2 aromatic carbocycles. The number of methoxy groups -OCH3 is 1. The molecule has 29 heavy (non-hydrogen) atoms. The van der Waals surface area contributed by atoms with Crippen LogP contribution in [0.1, 0.15) is 18.4 Å². The molecule has 0 aliphatic rings. The summed E-state index contributed by atoms with van der Waals surface area (Å²) in [5, 5.41) is 3.21. The predicted octanol–water partition coefficient (Wildman–Crippen LogP) is 4.49. The third-order valence-corrected chi connectivity index (χ3v) is 7.96. The minimum Gasteiger partial charge on any atom is -0.497 e. The van der Waals surface area contributed by atoms with E-state index >= 15 is 0 Å². The highest BCUT2D eigenvalue weighted by Gasteiger charge is 2.18. The Labute approximate surface area is 180 Å². The minimum atomic E-state index is -3.73. The summed E-state index contributed by atoms with van der Waals surface area (Å²) in [5.74, 6) is -0.0826. The molecule has 1 atom stereocenters. The van der Waals surface area contributed by atoms with Gasteiger partial charge in [0.25, 0.3) is 10.0 Å². The van der Waals surface area contributed by atoms with E-state index in [4.69, 9.17) is 17.0 Å². The van der Waals surface area contributed by atoms with E-state index in [1.54, 1.807) is 43.3 Å². The number of carbonyl (C=O) groups excluding carboxylic acids is 1. The van der Waals surface area contributed by atoms with Gasteiger partial charge in [-0.05, 0) is 81.8 Å². The SMILES string of the molecule is COc1ccc(S(=O)(=O)Nc2ccc(C(C)C(=O)Nc3nc(=S)ss3)cc2)cc1. The lowest BCUT2D eigenvalue weighted by Gasteiger charge is -2.13. The first-order chi connectivity index (χ1) is 13.8. The van der Waals surface area contributed by atoms with Gasteiger partial charge in [0.15, 0.2) is 3.95 Å². The van der Waals surface area contributed by atoms with Crippen molar-refractivity contribution in [3.8, 4) is 5.75 Å². The van der Waals surface area contributed by atoms with Crippen molar-refractivity contribution in [1.29, 1.82) is 0 Å². The number of nitrogens with one attached hydrogen (secondary N) is 2. The van der Waals surface area contributed by atoms with Crippen LogP contribution in [-0.4, -0.2) is 26.4 Å². The van der Waals surface area contributed by atoms with E-state index < -0.39 is 15.9 Å². The molecule has 152 valence electrons. The molecule has 11 heteroatoms. The number of sulfonamides is 1. The number of carbonyl (C=O) groups is 1. The normalized spacial score (nSPS) is 12.2. The van der Waals surface area contributed by atoms with Gasteiger partial charge in [0.1, 0.15) is 5.75 Å². The van der Waals surface area contributed by atoms with Crippen LogP contribution in [0.2, 0.25) is 0 Å². The standard InChI is InChI=1S/C18H17N3O4S4/c1-11(16(22)19-17-20-18(26)28-27-17)12-3-5-13(6-4-12)21-29(23,24)15-9-7-14(25-2)8-10-15/h3-11,21H,1-2H3,(H,19,20,22,26). The molecule has 1 amide bonds. The van der Waals surface area contributed by atoms with Crippen molar-refractivity contribution in [3.05, 3.63) is 58.0 Å². The number of benzene rings is 2. The summed E-state index contributed by atoms with van der Waals surface area (Å²) in [5.41, 5.74) is 1.14. The molecular weight excluding hydrogens is 450 g/mol. The third kappa shape index (κ3) is 5.38. The maximum Gasteiger partial charge on any atom is 0.261 e. The van der Waals surface area contributed by atoms with Gasteiger partial charge in [0.2, 0.25) is 11.0 Å². The molecule has 3 rings (SSSR count). The smallest absolute Gasteiger partial charge is 0.261 e. The van der Waals surface area contributed by atoms with Crippen LogP contribution >= 0.6 is 32.9 Å². The van der Waals surface area contributed by atoms with E-state index in [1.807, 2.05) is 0 Å². The first-order valence-corrected chi connectivity index (χ1v) is 12.4. The number of ether oxygens (including phenoxy) is 1. The van der Waals surface area contributed by atoms with Crippen LogP contribution < -0.4 is 14.8 Å². The molecule has 0 spiro atoms. The van der Waals surface area contributed by atoms with E-state index in [9.17, 15) is 13.2 Å². The van der Waals surface area contributed by atoms with E-state index in [2.05, 4.69) is 15.0 Å². The first-order valence-electron chi connectivity index (χ1n) is 8.33. The second-order valence-electron chi connectivity index (χ2n) is 5.96. The van der Waals surface area contributed by atoms with Crippen LogP contribution in [0.3, 0.4) is 0 Å². The topological polar surface area (TPSA) is 97.4 Å². The van der Waals surface area contributed by atoms with Gasteiger partial charge in [0.05, 0.1) is 17.9 Å². The highest BCUT2D eigenvalue weighted by molar-refractivity contribution is 7.92. The van der Waals surface area contributed by atoms with Gasteiger partial charge in [-0.2, -0.15) is 4.98 Å². The first kappa shape index (κ1) is 21.4. The Balaban J connectivity index is 1.68. The van der Waals surface area contributed by atoms with Crippen molar-refractivity contribution >= 4 is 59.6 Å². The number of hydrogen-bond acceptors (Lipinski definition) is 8. The van der Waals surface area contributed by atoms with Gasteiger partial charge < -0.3 is 10.1 Å². The molecule has 0 fully saturated rings. The molecule has 2 N–H and O–H groups in total. The highest BCUT2D eigenvalue weighted by Crippen LogP contribution is 2.24. The summed E-state index contributed by atoms with van der Waals surface area (Å²) in [4.78, 5) is 16.6. The fourth-order valence-electron chi connectivity index (χ4n) is 2.42.